The quantitative estimate of drug-likeness (QED) is 0.570. The van der Waals surface area contributed by atoms with Crippen LogP contribution >= 0.6 is 0 Å². The highest BCUT2D eigenvalue weighted by Crippen LogP contribution is 2.26. The van der Waals surface area contributed by atoms with Gasteiger partial charge in [-0.25, -0.2) is 4.98 Å². The predicted octanol–water partition coefficient (Wildman–Crippen LogP) is 3.90. The number of para-hydroxylation sites is 2. The van der Waals surface area contributed by atoms with Crippen molar-refractivity contribution in [1.29, 1.82) is 0 Å². The summed E-state index contributed by atoms with van der Waals surface area (Å²) in [5.74, 6) is 0.0581. The lowest BCUT2D eigenvalue weighted by atomic mass is 10.0. The number of carbonyl (C=O) groups excluding carboxylic acids is 1. The van der Waals surface area contributed by atoms with E-state index in [4.69, 9.17) is 4.98 Å². The van der Waals surface area contributed by atoms with Crippen molar-refractivity contribution in [3.8, 4) is 11.3 Å². The van der Waals surface area contributed by atoms with Gasteiger partial charge < -0.3 is 9.80 Å². The number of piperazine rings is 1. The average Bonchev–Trinajstić information content (AvgIpc) is 3.33. The molecule has 1 saturated heterocycles. The zero-order valence-electron chi connectivity index (χ0n) is 16.9. The Labute approximate surface area is 175 Å². The lowest BCUT2D eigenvalue weighted by Crippen LogP contribution is -2.49. The summed E-state index contributed by atoms with van der Waals surface area (Å²) in [6.45, 7) is 5.19. The van der Waals surface area contributed by atoms with E-state index in [1.807, 2.05) is 35.2 Å². The van der Waals surface area contributed by atoms with E-state index in [-0.39, 0.29) is 5.91 Å². The normalized spacial score (nSPS) is 14.3. The van der Waals surface area contributed by atoms with Gasteiger partial charge in [-0.15, -0.1) is 0 Å². The Kier molecular flexibility index (Phi) is 4.67. The fraction of sp³-hybridized carbons (Fsp3) is 0.208. The molecule has 2 aromatic carbocycles. The number of hydrogen-bond acceptors (Lipinski definition) is 4. The van der Waals surface area contributed by atoms with Crippen molar-refractivity contribution in [3.63, 3.8) is 0 Å². The van der Waals surface area contributed by atoms with Crippen LogP contribution in [-0.2, 0) is 0 Å². The van der Waals surface area contributed by atoms with Crippen molar-refractivity contribution in [3.05, 3.63) is 78.1 Å². The fourth-order valence-corrected chi connectivity index (χ4v) is 4.13. The molecule has 0 aliphatic carbocycles. The second kappa shape index (κ2) is 7.63. The van der Waals surface area contributed by atoms with Gasteiger partial charge in [-0.2, -0.15) is 5.10 Å². The standard InChI is InChI=1S/C24H23N5O/c1-17-6-2-5-9-23(17)28-10-12-29(13-11-28)24(30)20-14-22(18-15-25-26-16-18)27-21-8-4-3-7-19(20)21/h2-9,14-16H,10-13H2,1H3,(H,25,26). The van der Waals surface area contributed by atoms with Gasteiger partial charge in [0.1, 0.15) is 0 Å². The third-order valence-corrected chi connectivity index (χ3v) is 5.76. The minimum Gasteiger partial charge on any atom is -0.368 e. The van der Waals surface area contributed by atoms with Crippen molar-refractivity contribution in [1.82, 2.24) is 20.1 Å². The molecule has 0 spiro atoms. The minimum atomic E-state index is 0.0581. The van der Waals surface area contributed by atoms with E-state index in [0.717, 1.165) is 35.2 Å². The van der Waals surface area contributed by atoms with E-state index < -0.39 is 0 Å². The Bertz CT molecular complexity index is 1190. The largest absolute Gasteiger partial charge is 0.368 e. The molecular weight excluding hydrogens is 374 g/mol. The van der Waals surface area contributed by atoms with Crippen LogP contribution in [0.1, 0.15) is 15.9 Å². The van der Waals surface area contributed by atoms with E-state index in [1.165, 1.54) is 11.3 Å². The van der Waals surface area contributed by atoms with E-state index in [2.05, 4.69) is 46.3 Å². The molecule has 6 heteroatoms. The number of H-pyrrole nitrogens is 1. The maximum atomic E-state index is 13.5. The van der Waals surface area contributed by atoms with E-state index in [0.29, 0.717) is 18.7 Å². The lowest BCUT2D eigenvalue weighted by molar-refractivity contribution is 0.0748. The number of aromatic amines is 1. The Morgan fingerprint density at radius 1 is 1.00 bits per heavy atom. The number of fused-ring (bicyclic) bond motifs is 1. The van der Waals surface area contributed by atoms with Gasteiger partial charge in [-0.3, -0.25) is 9.89 Å². The molecule has 5 rings (SSSR count). The zero-order chi connectivity index (χ0) is 20.5. The summed E-state index contributed by atoms with van der Waals surface area (Å²) in [5.41, 5.74) is 5.66. The third kappa shape index (κ3) is 3.30. The van der Waals surface area contributed by atoms with Crippen LogP contribution in [0.15, 0.2) is 67.0 Å². The van der Waals surface area contributed by atoms with Crippen molar-refractivity contribution < 1.29 is 4.79 Å². The topological polar surface area (TPSA) is 65.1 Å². The molecule has 1 fully saturated rings. The first kappa shape index (κ1) is 18.4. The summed E-state index contributed by atoms with van der Waals surface area (Å²) < 4.78 is 0. The number of amides is 1. The number of hydrogen-bond donors (Lipinski definition) is 1. The van der Waals surface area contributed by atoms with Crippen LogP contribution in [0, 0.1) is 6.92 Å². The fourth-order valence-electron chi connectivity index (χ4n) is 4.13. The van der Waals surface area contributed by atoms with E-state index in [9.17, 15) is 4.79 Å². The highest BCUT2D eigenvalue weighted by molar-refractivity contribution is 6.07. The number of aromatic nitrogens is 3. The van der Waals surface area contributed by atoms with E-state index in [1.54, 1.807) is 12.4 Å². The van der Waals surface area contributed by atoms with Crippen molar-refractivity contribution in [2.75, 3.05) is 31.1 Å². The van der Waals surface area contributed by atoms with Crippen LogP contribution in [0.5, 0.6) is 0 Å². The summed E-state index contributed by atoms with van der Waals surface area (Å²) >= 11 is 0. The summed E-state index contributed by atoms with van der Waals surface area (Å²) in [6, 6.07) is 18.1. The molecule has 3 heterocycles. The first-order valence-electron chi connectivity index (χ1n) is 10.2. The zero-order valence-corrected chi connectivity index (χ0v) is 16.9. The maximum absolute atomic E-state index is 13.5. The van der Waals surface area contributed by atoms with Crippen molar-refractivity contribution >= 4 is 22.5 Å². The van der Waals surface area contributed by atoms with Crippen LogP contribution in [0.4, 0.5) is 5.69 Å². The van der Waals surface area contributed by atoms with Gasteiger partial charge >= 0.3 is 0 Å². The molecule has 1 N–H and O–H groups in total. The lowest BCUT2D eigenvalue weighted by Gasteiger charge is -2.37. The predicted molar refractivity (Wildman–Crippen MR) is 119 cm³/mol. The number of nitrogens with one attached hydrogen (secondary N) is 1. The van der Waals surface area contributed by atoms with Gasteiger partial charge in [0.25, 0.3) is 5.91 Å². The Morgan fingerprint density at radius 2 is 1.77 bits per heavy atom. The second-order valence-corrected chi connectivity index (χ2v) is 7.62. The molecule has 0 saturated carbocycles. The van der Waals surface area contributed by atoms with Crippen molar-refractivity contribution in [2.24, 2.45) is 0 Å². The minimum absolute atomic E-state index is 0.0581. The molecule has 2 aromatic heterocycles. The molecule has 4 aromatic rings. The maximum Gasteiger partial charge on any atom is 0.254 e. The van der Waals surface area contributed by atoms with Gasteiger partial charge in [0.2, 0.25) is 0 Å². The summed E-state index contributed by atoms with van der Waals surface area (Å²) in [7, 11) is 0. The van der Waals surface area contributed by atoms with Crippen LogP contribution in [0.25, 0.3) is 22.2 Å². The Balaban J connectivity index is 1.43. The molecule has 0 radical (unpaired) electrons. The van der Waals surface area contributed by atoms with Gasteiger partial charge in [-0.1, -0.05) is 36.4 Å². The van der Waals surface area contributed by atoms with Gasteiger partial charge in [0.05, 0.1) is 23.0 Å². The average molecular weight is 397 g/mol. The van der Waals surface area contributed by atoms with Crippen LogP contribution in [-0.4, -0.2) is 52.2 Å². The SMILES string of the molecule is Cc1ccccc1N1CCN(C(=O)c2cc(-c3cn[nH]c3)nc3ccccc23)CC1. The third-order valence-electron chi connectivity index (χ3n) is 5.76. The molecule has 1 aliphatic rings. The number of benzene rings is 2. The molecule has 0 bridgehead atoms. The molecule has 6 nitrogen and oxygen atoms in total. The number of pyridine rings is 1. The first-order valence-corrected chi connectivity index (χ1v) is 10.2. The molecule has 1 amide bonds. The molecule has 0 unspecified atom stereocenters. The monoisotopic (exact) mass is 397 g/mol. The van der Waals surface area contributed by atoms with Gasteiger partial charge in [0.15, 0.2) is 0 Å². The summed E-state index contributed by atoms with van der Waals surface area (Å²) in [4.78, 5) is 22.5. The smallest absolute Gasteiger partial charge is 0.254 e. The molecule has 30 heavy (non-hydrogen) atoms. The van der Waals surface area contributed by atoms with Gasteiger partial charge in [-0.05, 0) is 30.7 Å². The number of anilines is 1. The molecule has 150 valence electrons. The van der Waals surface area contributed by atoms with Crippen LogP contribution in [0.3, 0.4) is 0 Å². The van der Waals surface area contributed by atoms with Crippen molar-refractivity contribution in [2.45, 2.75) is 6.92 Å². The highest BCUT2D eigenvalue weighted by atomic mass is 16.2. The summed E-state index contributed by atoms with van der Waals surface area (Å²) in [6.07, 6.45) is 3.53. The van der Waals surface area contributed by atoms with Crippen LogP contribution in [0.2, 0.25) is 0 Å². The summed E-state index contributed by atoms with van der Waals surface area (Å²) in [5, 5.41) is 7.73. The van der Waals surface area contributed by atoms with Crippen LogP contribution < -0.4 is 4.90 Å². The number of rotatable bonds is 3. The Hall–Kier alpha value is -3.67. The van der Waals surface area contributed by atoms with Gasteiger partial charge in [0, 0.05) is 49.0 Å². The number of carbonyl (C=O) groups is 1. The number of nitrogens with zero attached hydrogens (tertiary/aromatic N) is 4. The molecule has 1 aliphatic heterocycles. The number of aryl methyl sites for hydroxylation is 1. The molecule has 0 atom stereocenters. The Morgan fingerprint density at radius 3 is 2.53 bits per heavy atom. The van der Waals surface area contributed by atoms with E-state index >= 15 is 0 Å². The first-order chi connectivity index (χ1) is 14.7. The highest BCUT2D eigenvalue weighted by Gasteiger charge is 2.25. The second-order valence-electron chi connectivity index (χ2n) is 7.62. The molecular formula is C24H23N5O.